The van der Waals surface area contributed by atoms with Crippen molar-refractivity contribution in [2.45, 2.75) is 76.3 Å². The van der Waals surface area contributed by atoms with Crippen molar-refractivity contribution in [3.05, 3.63) is 58.5 Å². The Bertz CT molecular complexity index is 816. The van der Waals surface area contributed by atoms with Crippen molar-refractivity contribution >= 4 is 5.91 Å². The highest BCUT2D eigenvalue weighted by Crippen LogP contribution is 2.45. The van der Waals surface area contributed by atoms with Gasteiger partial charge < -0.3 is 9.32 Å². The van der Waals surface area contributed by atoms with E-state index in [1.165, 1.54) is 24.0 Å². The van der Waals surface area contributed by atoms with Gasteiger partial charge in [-0.3, -0.25) is 4.79 Å². The van der Waals surface area contributed by atoms with Crippen LogP contribution in [-0.2, 0) is 0 Å². The first-order chi connectivity index (χ1) is 12.6. The average molecular weight is 349 g/mol. The van der Waals surface area contributed by atoms with Gasteiger partial charge in [0.2, 0.25) is 0 Å². The van der Waals surface area contributed by atoms with Crippen molar-refractivity contribution < 1.29 is 9.21 Å². The molecule has 5 rings (SSSR count). The third kappa shape index (κ3) is 2.69. The van der Waals surface area contributed by atoms with Crippen LogP contribution >= 0.6 is 0 Å². The molecule has 1 saturated carbocycles. The van der Waals surface area contributed by atoms with Crippen molar-refractivity contribution in [1.29, 1.82) is 0 Å². The maximum atomic E-state index is 13.3. The molecule has 1 amide bonds. The molecule has 2 saturated heterocycles. The minimum absolute atomic E-state index is 0.202. The summed E-state index contributed by atoms with van der Waals surface area (Å²) in [5.41, 5.74) is 3.55. The van der Waals surface area contributed by atoms with Gasteiger partial charge >= 0.3 is 0 Å². The van der Waals surface area contributed by atoms with Gasteiger partial charge in [0.05, 0.1) is 5.56 Å². The fourth-order valence-corrected chi connectivity index (χ4v) is 5.04. The SMILES string of the molecule is Cc1ccc(C2C[C@@H]3CC[C@@H](C2)N3C(=O)c2cc(C3CC3)oc2C)cc1. The molecular formula is C23H27NO2. The number of amides is 1. The summed E-state index contributed by atoms with van der Waals surface area (Å²) in [4.78, 5) is 15.5. The number of hydrogen-bond acceptors (Lipinski definition) is 2. The first-order valence-electron chi connectivity index (χ1n) is 10.1. The van der Waals surface area contributed by atoms with Gasteiger partial charge in [-0.15, -0.1) is 0 Å². The maximum Gasteiger partial charge on any atom is 0.257 e. The topological polar surface area (TPSA) is 33.5 Å². The first-order valence-corrected chi connectivity index (χ1v) is 10.1. The summed E-state index contributed by atoms with van der Waals surface area (Å²) in [7, 11) is 0. The number of nitrogens with zero attached hydrogens (tertiary/aromatic N) is 1. The highest BCUT2D eigenvalue weighted by molar-refractivity contribution is 5.96. The standard InChI is InChI=1S/C23H27NO2/c1-14-3-5-16(6-4-14)18-11-19-9-10-20(12-18)24(19)23(25)21-13-22(17-7-8-17)26-15(21)2/h3-6,13,17-20H,7-12H2,1-2H3/t19-,20-/m0/s1. The van der Waals surface area contributed by atoms with Crippen molar-refractivity contribution in [1.82, 2.24) is 4.90 Å². The van der Waals surface area contributed by atoms with Crippen LogP contribution in [0.5, 0.6) is 0 Å². The number of aryl methyl sites for hydroxylation is 2. The van der Waals surface area contributed by atoms with Gasteiger partial charge in [-0.1, -0.05) is 29.8 Å². The second-order valence-electron chi connectivity index (χ2n) is 8.57. The molecule has 2 aliphatic heterocycles. The molecular weight excluding hydrogens is 322 g/mol. The summed E-state index contributed by atoms with van der Waals surface area (Å²) < 4.78 is 5.90. The number of hydrogen-bond donors (Lipinski definition) is 0. The fraction of sp³-hybridized carbons (Fsp3) is 0.522. The predicted molar refractivity (Wildman–Crippen MR) is 102 cm³/mol. The van der Waals surface area contributed by atoms with E-state index in [9.17, 15) is 4.79 Å². The Labute approximate surface area is 155 Å². The zero-order valence-electron chi connectivity index (χ0n) is 15.7. The molecule has 1 aromatic heterocycles. The Kier molecular flexibility index (Phi) is 3.73. The van der Waals surface area contributed by atoms with E-state index in [1.54, 1.807) is 0 Å². The summed E-state index contributed by atoms with van der Waals surface area (Å²) >= 11 is 0. The number of furan rings is 1. The molecule has 26 heavy (non-hydrogen) atoms. The second kappa shape index (κ2) is 6.00. The molecule has 2 bridgehead atoms. The Morgan fingerprint density at radius 1 is 0.962 bits per heavy atom. The van der Waals surface area contributed by atoms with Gasteiger partial charge in [0.1, 0.15) is 11.5 Å². The summed E-state index contributed by atoms with van der Waals surface area (Å²) in [6.45, 7) is 4.08. The quantitative estimate of drug-likeness (QED) is 0.751. The summed E-state index contributed by atoms with van der Waals surface area (Å²) in [6.07, 6.45) is 6.88. The molecule has 3 aliphatic rings. The van der Waals surface area contributed by atoms with Crippen LogP contribution in [-0.4, -0.2) is 22.9 Å². The molecule has 0 N–H and O–H groups in total. The highest BCUT2D eigenvalue weighted by atomic mass is 16.3. The molecule has 3 heteroatoms. The zero-order chi connectivity index (χ0) is 17.8. The third-order valence-electron chi connectivity index (χ3n) is 6.66. The van der Waals surface area contributed by atoms with Crippen molar-refractivity contribution in [2.75, 3.05) is 0 Å². The molecule has 0 radical (unpaired) electrons. The van der Waals surface area contributed by atoms with Crippen LogP contribution in [0, 0.1) is 13.8 Å². The van der Waals surface area contributed by atoms with Crippen LogP contribution in [0.3, 0.4) is 0 Å². The van der Waals surface area contributed by atoms with E-state index >= 15 is 0 Å². The van der Waals surface area contributed by atoms with Gasteiger partial charge in [0.25, 0.3) is 5.91 Å². The largest absolute Gasteiger partial charge is 0.465 e. The lowest BCUT2D eigenvalue weighted by Crippen LogP contribution is -2.46. The number of fused-ring (bicyclic) bond motifs is 2. The number of carbonyl (C=O) groups is 1. The molecule has 2 atom stereocenters. The number of carbonyl (C=O) groups excluding carboxylic acids is 1. The summed E-state index contributed by atoms with van der Waals surface area (Å²) in [5, 5.41) is 0. The molecule has 2 aromatic rings. The van der Waals surface area contributed by atoms with E-state index < -0.39 is 0 Å². The average Bonchev–Trinajstić information content (AvgIpc) is 3.36. The van der Waals surface area contributed by atoms with E-state index in [1.807, 2.05) is 13.0 Å². The molecule has 3 fully saturated rings. The second-order valence-corrected chi connectivity index (χ2v) is 8.57. The Morgan fingerprint density at radius 3 is 2.23 bits per heavy atom. The van der Waals surface area contributed by atoms with E-state index in [4.69, 9.17) is 4.42 Å². The number of benzene rings is 1. The smallest absolute Gasteiger partial charge is 0.257 e. The number of piperidine rings is 1. The Balaban J connectivity index is 1.36. The van der Waals surface area contributed by atoms with Gasteiger partial charge in [0, 0.05) is 18.0 Å². The van der Waals surface area contributed by atoms with Crippen molar-refractivity contribution in [3.8, 4) is 0 Å². The third-order valence-corrected chi connectivity index (χ3v) is 6.66. The minimum Gasteiger partial charge on any atom is -0.465 e. The van der Waals surface area contributed by atoms with Gasteiger partial charge in [-0.05, 0) is 69.9 Å². The van der Waals surface area contributed by atoms with E-state index in [0.717, 1.165) is 42.8 Å². The summed E-state index contributed by atoms with van der Waals surface area (Å²) in [6, 6.07) is 11.8. The normalized spacial score (nSPS) is 27.8. The van der Waals surface area contributed by atoms with Crippen LogP contribution in [0.4, 0.5) is 0 Å². The van der Waals surface area contributed by atoms with E-state index in [-0.39, 0.29) is 5.91 Å². The Hall–Kier alpha value is -2.03. The van der Waals surface area contributed by atoms with E-state index in [2.05, 4.69) is 36.1 Å². The predicted octanol–water partition coefficient (Wildman–Crippen LogP) is 5.32. The maximum absolute atomic E-state index is 13.3. The highest BCUT2D eigenvalue weighted by Gasteiger charge is 2.44. The molecule has 0 unspecified atom stereocenters. The number of rotatable bonds is 3. The molecule has 1 aromatic carbocycles. The lowest BCUT2D eigenvalue weighted by atomic mass is 9.84. The van der Waals surface area contributed by atoms with E-state index in [0.29, 0.717) is 23.9 Å². The Morgan fingerprint density at radius 2 is 1.62 bits per heavy atom. The van der Waals surface area contributed by atoms with Gasteiger partial charge in [-0.25, -0.2) is 0 Å². The lowest BCUT2D eigenvalue weighted by molar-refractivity contribution is 0.0569. The van der Waals surface area contributed by atoms with Crippen LogP contribution in [0.25, 0.3) is 0 Å². The van der Waals surface area contributed by atoms with Gasteiger partial charge in [-0.2, -0.15) is 0 Å². The molecule has 0 spiro atoms. The molecule has 1 aliphatic carbocycles. The zero-order valence-corrected chi connectivity index (χ0v) is 15.7. The molecule has 3 nitrogen and oxygen atoms in total. The molecule has 136 valence electrons. The van der Waals surface area contributed by atoms with Crippen LogP contribution in [0.1, 0.15) is 83.4 Å². The van der Waals surface area contributed by atoms with Crippen molar-refractivity contribution in [3.63, 3.8) is 0 Å². The summed E-state index contributed by atoms with van der Waals surface area (Å²) in [5.74, 6) is 3.17. The van der Waals surface area contributed by atoms with Gasteiger partial charge in [0.15, 0.2) is 0 Å². The van der Waals surface area contributed by atoms with Crippen LogP contribution in [0.15, 0.2) is 34.7 Å². The van der Waals surface area contributed by atoms with Crippen LogP contribution < -0.4 is 0 Å². The lowest BCUT2D eigenvalue weighted by Gasteiger charge is -2.39. The van der Waals surface area contributed by atoms with Crippen LogP contribution in [0.2, 0.25) is 0 Å². The minimum atomic E-state index is 0.202. The fourth-order valence-electron chi connectivity index (χ4n) is 5.04. The monoisotopic (exact) mass is 349 g/mol. The molecule has 3 heterocycles. The van der Waals surface area contributed by atoms with Crippen molar-refractivity contribution in [2.24, 2.45) is 0 Å². The first kappa shape index (κ1) is 16.2.